The second-order valence-electron chi connectivity index (χ2n) is 5.80. The van der Waals surface area contributed by atoms with Crippen molar-refractivity contribution in [2.75, 3.05) is 12.8 Å². The molecule has 1 aromatic carbocycles. The lowest BCUT2D eigenvalue weighted by atomic mass is 9.89. The maximum Gasteiger partial charge on any atom is 0.315 e. The van der Waals surface area contributed by atoms with E-state index in [-0.39, 0.29) is 18.5 Å². The number of benzene rings is 1. The molecular weight excluding hydrogens is 300 g/mol. The van der Waals surface area contributed by atoms with Crippen LogP contribution in [0.2, 0.25) is 0 Å². The molecule has 0 aliphatic carbocycles. The zero-order chi connectivity index (χ0) is 16.8. The molecule has 0 saturated heterocycles. The molecule has 3 unspecified atom stereocenters. The van der Waals surface area contributed by atoms with E-state index in [1.807, 2.05) is 26.0 Å². The van der Waals surface area contributed by atoms with Gasteiger partial charge in [0.1, 0.15) is 0 Å². The van der Waals surface area contributed by atoms with E-state index in [0.29, 0.717) is 6.54 Å². The smallest absolute Gasteiger partial charge is 0.315 e. The minimum Gasteiger partial charge on any atom is -0.388 e. The monoisotopic (exact) mass is 326 g/mol. The largest absolute Gasteiger partial charge is 0.388 e. The highest BCUT2D eigenvalue weighted by Crippen LogP contribution is 2.18. The lowest BCUT2D eigenvalue weighted by molar-refractivity contribution is 0.00790. The minimum absolute atomic E-state index is 0.107. The van der Waals surface area contributed by atoms with Crippen LogP contribution >= 0.6 is 0 Å². The fourth-order valence-electron chi connectivity index (χ4n) is 1.92. The van der Waals surface area contributed by atoms with Gasteiger partial charge in [0.25, 0.3) is 0 Å². The fourth-order valence-corrected chi connectivity index (χ4v) is 2.44. The van der Waals surface area contributed by atoms with E-state index in [9.17, 15) is 14.1 Å². The Morgan fingerprint density at radius 1 is 1.32 bits per heavy atom. The highest BCUT2D eigenvalue weighted by atomic mass is 32.2. The maximum absolute atomic E-state index is 11.8. The lowest BCUT2D eigenvalue weighted by Gasteiger charge is -2.29. The van der Waals surface area contributed by atoms with Gasteiger partial charge in [0.15, 0.2) is 0 Å². The fraction of sp³-hybridized carbons (Fsp3) is 0.562. The topological polar surface area (TPSA) is 78.4 Å². The van der Waals surface area contributed by atoms with Crippen LogP contribution in [0.15, 0.2) is 29.2 Å². The van der Waals surface area contributed by atoms with Crippen molar-refractivity contribution in [3.63, 3.8) is 0 Å². The molecule has 0 radical (unpaired) electrons. The van der Waals surface area contributed by atoms with E-state index in [4.69, 9.17) is 0 Å². The Kier molecular flexibility index (Phi) is 7.03. The first-order valence-electron chi connectivity index (χ1n) is 7.42. The summed E-state index contributed by atoms with van der Waals surface area (Å²) in [6.45, 7) is 6.28. The Morgan fingerprint density at radius 3 is 2.41 bits per heavy atom. The molecule has 0 bridgehead atoms. The Bertz CT molecular complexity index is 515. The lowest BCUT2D eigenvalue weighted by Crippen LogP contribution is -2.47. The van der Waals surface area contributed by atoms with Crippen molar-refractivity contribution in [3.8, 4) is 0 Å². The summed E-state index contributed by atoms with van der Waals surface area (Å²) in [6, 6.07) is 6.95. The molecule has 5 nitrogen and oxygen atoms in total. The predicted molar refractivity (Wildman–Crippen MR) is 89.1 cm³/mol. The molecule has 2 amide bonds. The van der Waals surface area contributed by atoms with Crippen molar-refractivity contribution >= 4 is 16.8 Å². The Morgan fingerprint density at radius 2 is 1.91 bits per heavy atom. The number of urea groups is 1. The van der Waals surface area contributed by atoms with E-state index in [1.165, 1.54) is 0 Å². The molecule has 1 rings (SSSR count). The van der Waals surface area contributed by atoms with E-state index < -0.39 is 16.4 Å². The van der Waals surface area contributed by atoms with Crippen LogP contribution in [0.1, 0.15) is 32.8 Å². The van der Waals surface area contributed by atoms with Crippen molar-refractivity contribution in [3.05, 3.63) is 29.8 Å². The second kappa shape index (κ2) is 8.29. The summed E-state index contributed by atoms with van der Waals surface area (Å²) in [6.07, 6.45) is 2.48. The van der Waals surface area contributed by atoms with Gasteiger partial charge in [0.05, 0.1) is 5.60 Å². The van der Waals surface area contributed by atoms with Crippen LogP contribution < -0.4 is 10.6 Å². The summed E-state index contributed by atoms with van der Waals surface area (Å²) in [7, 11) is -0.996. The summed E-state index contributed by atoms with van der Waals surface area (Å²) >= 11 is 0. The van der Waals surface area contributed by atoms with E-state index in [1.54, 1.807) is 25.3 Å². The summed E-state index contributed by atoms with van der Waals surface area (Å²) in [4.78, 5) is 12.5. The Hall–Kier alpha value is -1.40. The first-order valence-corrected chi connectivity index (χ1v) is 8.98. The van der Waals surface area contributed by atoms with Gasteiger partial charge in [0, 0.05) is 35.0 Å². The molecule has 0 aliphatic heterocycles. The predicted octanol–water partition coefficient (Wildman–Crippen LogP) is 2.02. The molecule has 1 aromatic rings. The molecule has 3 N–H and O–H groups in total. The van der Waals surface area contributed by atoms with Gasteiger partial charge in [-0.2, -0.15) is 0 Å². The average molecular weight is 326 g/mol. The van der Waals surface area contributed by atoms with Gasteiger partial charge in [-0.05, 0) is 30.5 Å². The number of carbonyl (C=O) groups excluding carboxylic acids is 1. The quantitative estimate of drug-likeness (QED) is 0.717. The number of hydrogen-bond acceptors (Lipinski definition) is 3. The molecular formula is C16H26N2O3S. The van der Waals surface area contributed by atoms with Gasteiger partial charge in [-0.25, -0.2) is 4.79 Å². The first-order chi connectivity index (χ1) is 10.3. The van der Waals surface area contributed by atoms with Gasteiger partial charge in [-0.3, -0.25) is 4.21 Å². The van der Waals surface area contributed by atoms with E-state index in [2.05, 4.69) is 10.6 Å². The van der Waals surface area contributed by atoms with Crippen molar-refractivity contribution in [1.29, 1.82) is 0 Å². The number of carbonyl (C=O) groups is 1. The van der Waals surface area contributed by atoms with Crippen LogP contribution in [-0.2, 0) is 17.3 Å². The second-order valence-corrected chi connectivity index (χ2v) is 7.18. The maximum atomic E-state index is 11.8. The molecule has 0 aliphatic rings. The summed E-state index contributed by atoms with van der Waals surface area (Å²) in [5.74, 6) is 0.107. The molecule has 124 valence electrons. The summed E-state index contributed by atoms with van der Waals surface area (Å²) < 4.78 is 11.3. The molecule has 3 atom stereocenters. The third kappa shape index (κ3) is 5.77. The molecule has 0 fully saturated rings. The summed E-state index contributed by atoms with van der Waals surface area (Å²) in [5.41, 5.74) is 0.0110. The normalized spacial score (nSPS) is 16.4. The van der Waals surface area contributed by atoms with Gasteiger partial charge in [0.2, 0.25) is 0 Å². The van der Waals surface area contributed by atoms with E-state index in [0.717, 1.165) is 16.9 Å². The number of rotatable bonds is 7. The average Bonchev–Trinajstić information content (AvgIpc) is 2.50. The van der Waals surface area contributed by atoms with Crippen LogP contribution in [0.4, 0.5) is 4.79 Å². The van der Waals surface area contributed by atoms with Crippen molar-refractivity contribution in [2.45, 2.75) is 44.2 Å². The van der Waals surface area contributed by atoms with Crippen LogP contribution in [-0.4, -0.2) is 33.7 Å². The summed E-state index contributed by atoms with van der Waals surface area (Å²) in [5, 5.41) is 15.7. The SMILES string of the molecule is CCC(C)C(C)(O)CNC(=O)NCc1ccc(S(C)=O)cc1. The highest BCUT2D eigenvalue weighted by molar-refractivity contribution is 7.84. The van der Waals surface area contributed by atoms with Crippen LogP contribution in [0.5, 0.6) is 0 Å². The zero-order valence-corrected chi connectivity index (χ0v) is 14.5. The molecule has 0 aromatic heterocycles. The molecule has 6 heteroatoms. The van der Waals surface area contributed by atoms with Gasteiger partial charge in [-0.15, -0.1) is 0 Å². The standard InChI is InChI=1S/C16H26N2O3S/c1-5-12(2)16(3,20)11-18-15(19)17-10-13-6-8-14(9-7-13)22(4)21/h6-9,12,20H,5,10-11H2,1-4H3,(H2,17,18,19). The minimum atomic E-state index is -0.996. The molecule has 22 heavy (non-hydrogen) atoms. The van der Waals surface area contributed by atoms with Crippen molar-refractivity contribution < 1.29 is 14.1 Å². The van der Waals surface area contributed by atoms with Gasteiger partial charge < -0.3 is 15.7 Å². The number of amides is 2. The third-order valence-electron chi connectivity index (χ3n) is 3.99. The Balaban J connectivity index is 2.41. The number of aliphatic hydroxyl groups is 1. The molecule has 0 saturated carbocycles. The van der Waals surface area contributed by atoms with Crippen LogP contribution in [0.3, 0.4) is 0 Å². The van der Waals surface area contributed by atoms with Crippen LogP contribution in [0, 0.1) is 5.92 Å². The molecule has 0 heterocycles. The highest BCUT2D eigenvalue weighted by Gasteiger charge is 2.27. The molecule has 0 spiro atoms. The van der Waals surface area contributed by atoms with Gasteiger partial charge >= 0.3 is 6.03 Å². The van der Waals surface area contributed by atoms with Crippen molar-refractivity contribution in [2.24, 2.45) is 5.92 Å². The van der Waals surface area contributed by atoms with Crippen molar-refractivity contribution in [1.82, 2.24) is 10.6 Å². The number of hydrogen-bond donors (Lipinski definition) is 3. The van der Waals surface area contributed by atoms with E-state index >= 15 is 0 Å². The third-order valence-corrected chi connectivity index (χ3v) is 4.93. The van der Waals surface area contributed by atoms with Gasteiger partial charge in [-0.1, -0.05) is 32.4 Å². The number of nitrogens with one attached hydrogen (secondary N) is 2. The zero-order valence-electron chi connectivity index (χ0n) is 13.7. The van der Waals surface area contributed by atoms with Crippen LogP contribution in [0.25, 0.3) is 0 Å². The first kappa shape index (κ1) is 18.6. The Labute approximate surface area is 135 Å².